The molecule has 0 spiro atoms. The van der Waals surface area contributed by atoms with Gasteiger partial charge in [-0.2, -0.15) is 0 Å². The molecule has 1 aliphatic carbocycles. The summed E-state index contributed by atoms with van der Waals surface area (Å²) in [5.74, 6) is 0.236. The Morgan fingerprint density at radius 3 is 2.55 bits per heavy atom. The Morgan fingerprint density at radius 2 is 1.83 bits per heavy atom. The molecule has 0 radical (unpaired) electrons. The van der Waals surface area contributed by atoms with E-state index in [9.17, 15) is 19.2 Å². The van der Waals surface area contributed by atoms with Gasteiger partial charge in [0.1, 0.15) is 12.4 Å². The maximum absolute atomic E-state index is 12.1. The van der Waals surface area contributed by atoms with Crippen LogP contribution in [0.25, 0.3) is 17.2 Å². The number of carbonyl (C=O) groups is 2. The second-order valence-electron chi connectivity index (χ2n) is 6.28. The van der Waals surface area contributed by atoms with E-state index in [1.165, 1.54) is 12.1 Å². The van der Waals surface area contributed by atoms with Crippen molar-refractivity contribution in [1.29, 1.82) is 0 Å². The van der Waals surface area contributed by atoms with E-state index in [1.807, 2.05) is 0 Å². The molecule has 0 aromatic heterocycles. The van der Waals surface area contributed by atoms with Crippen molar-refractivity contribution in [2.75, 3.05) is 6.61 Å². The lowest BCUT2D eigenvalue weighted by atomic mass is 10.1. The van der Waals surface area contributed by atoms with Crippen LogP contribution in [0, 0.1) is 0 Å². The molecule has 3 aliphatic rings. The standard InChI is InChI=1S/C20H15N3O5S/c24-14-4-3-13-11-23(22-18(25)16(13)10-14)7-8-28-15-5-1-12(2-6-15)9-17-19(26)21-20(27)29-17/h1-6,9-11H,7-8H2,(H,22,25)(H,21,26,27). The molecule has 8 nitrogen and oxygen atoms in total. The number of aromatic amines is 1. The Labute approximate surface area is 168 Å². The van der Waals surface area contributed by atoms with E-state index in [0.29, 0.717) is 34.9 Å². The average Bonchev–Trinajstić information content (AvgIpc) is 3.01. The molecule has 0 bridgehead atoms. The van der Waals surface area contributed by atoms with E-state index in [-0.39, 0.29) is 16.2 Å². The number of hydrogen-bond donors (Lipinski definition) is 2. The van der Waals surface area contributed by atoms with Crippen molar-refractivity contribution in [2.45, 2.75) is 6.54 Å². The lowest BCUT2D eigenvalue weighted by Gasteiger charge is -2.12. The van der Waals surface area contributed by atoms with Crippen LogP contribution in [0.5, 0.6) is 5.75 Å². The summed E-state index contributed by atoms with van der Waals surface area (Å²) in [6.45, 7) is 0.730. The number of rotatable bonds is 5. The van der Waals surface area contributed by atoms with Crippen molar-refractivity contribution in [3.8, 4) is 16.9 Å². The summed E-state index contributed by atoms with van der Waals surface area (Å²) in [5.41, 5.74) is 1.27. The molecule has 1 saturated heterocycles. The molecule has 1 aromatic carbocycles. The third-order valence-electron chi connectivity index (χ3n) is 4.23. The predicted molar refractivity (Wildman–Crippen MR) is 109 cm³/mol. The number of imide groups is 1. The maximum atomic E-state index is 12.1. The molecule has 4 rings (SSSR count). The molecule has 2 aliphatic heterocycles. The lowest BCUT2D eigenvalue weighted by molar-refractivity contribution is -0.115. The average molecular weight is 409 g/mol. The second-order valence-corrected chi connectivity index (χ2v) is 7.30. The van der Waals surface area contributed by atoms with Gasteiger partial charge in [0.15, 0.2) is 5.43 Å². The molecule has 1 fully saturated rings. The van der Waals surface area contributed by atoms with Crippen LogP contribution < -0.4 is 21.0 Å². The van der Waals surface area contributed by atoms with Crippen LogP contribution in [-0.2, 0) is 11.3 Å². The summed E-state index contributed by atoms with van der Waals surface area (Å²) < 4.78 is 7.30. The van der Waals surface area contributed by atoms with Crippen LogP contribution in [0.4, 0.5) is 4.79 Å². The third-order valence-corrected chi connectivity index (χ3v) is 5.04. The van der Waals surface area contributed by atoms with Crippen molar-refractivity contribution in [2.24, 2.45) is 0 Å². The number of ether oxygens (including phenoxy) is 1. The van der Waals surface area contributed by atoms with Crippen molar-refractivity contribution >= 4 is 29.0 Å². The molecule has 146 valence electrons. The summed E-state index contributed by atoms with van der Waals surface area (Å²) in [6, 6.07) is 11.4. The third kappa shape index (κ3) is 4.30. The van der Waals surface area contributed by atoms with Crippen LogP contribution in [0.15, 0.2) is 63.2 Å². The fraction of sp³-hybridized carbons (Fsp3) is 0.100. The first kappa shape index (κ1) is 18.8. The topological polar surface area (TPSA) is 110 Å². The summed E-state index contributed by atoms with van der Waals surface area (Å²) in [6.07, 6.45) is 3.39. The monoisotopic (exact) mass is 409 g/mol. The van der Waals surface area contributed by atoms with Gasteiger partial charge in [-0.1, -0.05) is 12.1 Å². The Balaban J connectivity index is 1.39. The van der Waals surface area contributed by atoms with E-state index in [0.717, 1.165) is 17.3 Å². The summed E-state index contributed by atoms with van der Waals surface area (Å²) in [7, 11) is 0. The fourth-order valence-corrected chi connectivity index (χ4v) is 3.53. The predicted octanol–water partition coefficient (Wildman–Crippen LogP) is 2.04. The molecule has 2 N–H and O–H groups in total. The number of aromatic nitrogens is 2. The quantitative estimate of drug-likeness (QED) is 0.624. The zero-order valence-electron chi connectivity index (χ0n) is 15.0. The van der Waals surface area contributed by atoms with Gasteiger partial charge in [0.25, 0.3) is 16.7 Å². The number of nitrogens with one attached hydrogen (secondary N) is 2. The lowest BCUT2D eigenvalue weighted by Crippen LogP contribution is -2.22. The highest BCUT2D eigenvalue weighted by atomic mass is 32.2. The van der Waals surface area contributed by atoms with Crippen LogP contribution in [-0.4, -0.2) is 27.5 Å². The summed E-state index contributed by atoms with van der Waals surface area (Å²) in [5, 5.41) is 4.52. The number of fused-ring (bicyclic) bond motifs is 1. The first-order valence-corrected chi connectivity index (χ1v) is 9.51. The van der Waals surface area contributed by atoms with E-state index in [4.69, 9.17) is 4.74 Å². The first-order valence-electron chi connectivity index (χ1n) is 8.69. The molecular weight excluding hydrogens is 394 g/mol. The van der Waals surface area contributed by atoms with Gasteiger partial charge in [0.05, 0.1) is 17.0 Å². The zero-order chi connectivity index (χ0) is 20.4. The molecule has 0 saturated carbocycles. The highest BCUT2D eigenvalue weighted by Crippen LogP contribution is 2.26. The minimum Gasteiger partial charge on any atom is -0.492 e. The Kier molecular flexibility index (Phi) is 5.05. The van der Waals surface area contributed by atoms with Crippen LogP contribution in [0.2, 0.25) is 0 Å². The van der Waals surface area contributed by atoms with Crippen LogP contribution >= 0.6 is 11.8 Å². The number of thioether (sulfide) groups is 1. The number of hydrogen-bond acceptors (Lipinski definition) is 6. The Morgan fingerprint density at radius 1 is 1.03 bits per heavy atom. The van der Waals surface area contributed by atoms with Crippen molar-refractivity contribution in [3.63, 3.8) is 0 Å². The second kappa shape index (κ2) is 7.80. The van der Waals surface area contributed by atoms with E-state index in [2.05, 4.69) is 10.4 Å². The maximum Gasteiger partial charge on any atom is 0.290 e. The highest BCUT2D eigenvalue weighted by molar-refractivity contribution is 8.18. The molecule has 1 aromatic rings. The minimum absolute atomic E-state index is 0.207. The van der Waals surface area contributed by atoms with Gasteiger partial charge in [-0.25, -0.2) is 0 Å². The van der Waals surface area contributed by atoms with Crippen molar-refractivity contribution in [1.82, 2.24) is 15.1 Å². The Hall–Kier alpha value is -3.59. The number of amides is 2. The van der Waals surface area contributed by atoms with E-state index < -0.39 is 5.91 Å². The number of benzene rings is 2. The van der Waals surface area contributed by atoms with Gasteiger partial charge in [-0.15, -0.1) is 0 Å². The van der Waals surface area contributed by atoms with Gasteiger partial charge in [-0.3, -0.25) is 34.3 Å². The summed E-state index contributed by atoms with van der Waals surface area (Å²) in [4.78, 5) is 46.6. The summed E-state index contributed by atoms with van der Waals surface area (Å²) >= 11 is 0.868. The fourth-order valence-electron chi connectivity index (χ4n) is 2.85. The van der Waals surface area contributed by atoms with Crippen molar-refractivity contribution < 1.29 is 14.3 Å². The molecule has 9 heteroatoms. The van der Waals surface area contributed by atoms with Gasteiger partial charge in [-0.05, 0) is 53.7 Å². The van der Waals surface area contributed by atoms with Crippen LogP contribution in [0.3, 0.4) is 0 Å². The SMILES string of the molecule is O=C1NC(=O)C(=Cc2ccc(OCCn3cc4ccc(=O)cc-4c(=O)[nH]3)cc2)S1. The first-order chi connectivity index (χ1) is 14.0. The minimum atomic E-state index is -0.395. The van der Waals surface area contributed by atoms with E-state index in [1.54, 1.807) is 47.3 Å². The number of nitrogens with zero attached hydrogens (tertiary/aromatic N) is 1. The van der Waals surface area contributed by atoms with Gasteiger partial charge in [0, 0.05) is 11.8 Å². The van der Waals surface area contributed by atoms with Crippen molar-refractivity contribution in [3.05, 3.63) is 79.7 Å². The number of carbonyl (C=O) groups excluding carboxylic acids is 2. The molecule has 2 amide bonds. The normalized spacial score (nSPS) is 15.1. The van der Waals surface area contributed by atoms with Gasteiger partial charge < -0.3 is 4.74 Å². The van der Waals surface area contributed by atoms with E-state index >= 15 is 0 Å². The molecule has 0 unspecified atom stereocenters. The van der Waals surface area contributed by atoms with Gasteiger partial charge in [0.2, 0.25) is 0 Å². The largest absolute Gasteiger partial charge is 0.492 e. The zero-order valence-corrected chi connectivity index (χ0v) is 15.8. The van der Waals surface area contributed by atoms with Crippen LogP contribution in [0.1, 0.15) is 5.56 Å². The molecule has 0 atom stereocenters. The van der Waals surface area contributed by atoms with Gasteiger partial charge >= 0.3 is 0 Å². The number of H-pyrrole nitrogens is 1. The Bertz CT molecular complexity index is 1210. The molecule has 2 heterocycles. The molecule has 29 heavy (non-hydrogen) atoms. The molecular formula is C20H15N3O5S. The highest BCUT2D eigenvalue weighted by Gasteiger charge is 2.24. The smallest absolute Gasteiger partial charge is 0.290 e.